The van der Waals surface area contributed by atoms with Gasteiger partial charge >= 0.3 is 0 Å². The molecule has 0 spiro atoms. The van der Waals surface area contributed by atoms with E-state index in [2.05, 4.69) is 0 Å². The van der Waals surface area contributed by atoms with E-state index in [9.17, 15) is 16.8 Å². The lowest BCUT2D eigenvalue weighted by molar-refractivity contribution is 0.375. The SMILES string of the molecule is Cc1ccc(S(=O)(=O)O[Si](C(C)(C)C)(C(C)(C)C)[Si](OS(=O)(=O)c2ccc(C)cc2)(C(C)(C)C)C(C)(C)C)cc1. The first kappa shape index (κ1) is 34.9. The summed E-state index contributed by atoms with van der Waals surface area (Å²) in [5, 5.41) is -3.01. The molecule has 0 bridgehead atoms. The molecule has 0 saturated heterocycles. The summed E-state index contributed by atoms with van der Waals surface area (Å²) in [7, 11) is -16.4. The van der Waals surface area contributed by atoms with Crippen molar-refractivity contribution in [3.05, 3.63) is 59.7 Å². The third-order valence-electron chi connectivity index (χ3n) is 7.81. The highest BCUT2D eigenvalue weighted by molar-refractivity contribution is 7.90. The Balaban J connectivity index is 3.16. The molecule has 0 saturated carbocycles. The van der Waals surface area contributed by atoms with Gasteiger partial charge in [-0.2, -0.15) is 16.8 Å². The van der Waals surface area contributed by atoms with E-state index < -0.39 is 56.1 Å². The molecule has 0 unspecified atom stereocenters. The smallest absolute Gasteiger partial charge is 0.287 e. The van der Waals surface area contributed by atoms with Crippen molar-refractivity contribution >= 4 is 35.9 Å². The predicted octanol–water partition coefficient (Wildman–Crippen LogP) is 8.58. The summed E-state index contributed by atoms with van der Waals surface area (Å²) < 4.78 is 70.6. The fourth-order valence-corrected chi connectivity index (χ4v) is 41.6. The van der Waals surface area contributed by atoms with Gasteiger partial charge in [0.1, 0.15) is 0 Å². The molecule has 0 radical (unpaired) electrons. The molecular formula is C30H50O6S2Si2. The van der Waals surface area contributed by atoms with Crippen molar-refractivity contribution in [2.75, 3.05) is 0 Å². The minimum atomic E-state index is -4.31. The molecule has 0 aliphatic carbocycles. The molecule has 0 aliphatic heterocycles. The maximum absolute atomic E-state index is 14.3. The number of hydrogen-bond donors (Lipinski definition) is 0. The lowest BCUT2D eigenvalue weighted by Gasteiger charge is -2.65. The van der Waals surface area contributed by atoms with E-state index in [0.29, 0.717) is 0 Å². The van der Waals surface area contributed by atoms with E-state index in [4.69, 9.17) is 7.74 Å². The Labute approximate surface area is 246 Å². The standard InChI is InChI=1S/C30H50O6S2Si2/c1-23-15-19-25(20-16-23)37(31,32)35-39(27(3,4)5,28(6,7)8)40(29(9,10)11,30(12,13)14)36-38(33,34)26-21-17-24(2)18-22-26/h15-22H,1-14H3. The van der Waals surface area contributed by atoms with Gasteiger partial charge in [-0.25, -0.2) is 0 Å². The third kappa shape index (κ3) is 6.08. The second kappa shape index (κ2) is 10.8. The van der Waals surface area contributed by atoms with Crippen LogP contribution in [0.25, 0.3) is 0 Å². The van der Waals surface area contributed by atoms with Crippen LogP contribution in [0.4, 0.5) is 0 Å². The molecular weight excluding hydrogens is 577 g/mol. The van der Waals surface area contributed by atoms with Crippen LogP contribution in [-0.2, 0) is 28.0 Å². The molecule has 0 N–H and O–H groups in total. The maximum Gasteiger partial charge on any atom is 0.287 e. The zero-order valence-corrected chi connectivity index (χ0v) is 30.5. The summed E-state index contributed by atoms with van der Waals surface area (Å²) in [6, 6.07) is 13.2. The van der Waals surface area contributed by atoms with Crippen molar-refractivity contribution < 1.29 is 24.6 Å². The number of aryl methyl sites for hydroxylation is 2. The first-order valence-corrected chi connectivity index (χ1v) is 21.3. The molecule has 0 aliphatic rings. The van der Waals surface area contributed by atoms with Gasteiger partial charge in [0.05, 0.1) is 9.79 Å². The highest BCUT2D eigenvalue weighted by Crippen LogP contribution is 2.68. The van der Waals surface area contributed by atoms with E-state index in [1.54, 1.807) is 48.5 Å². The second-order valence-corrected chi connectivity index (χ2v) is 32.1. The van der Waals surface area contributed by atoms with Gasteiger partial charge in [0.25, 0.3) is 20.2 Å². The quantitative estimate of drug-likeness (QED) is 0.286. The summed E-state index contributed by atoms with van der Waals surface area (Å²) in [4.78, 5) is 0.103. The van der Waals surface area contributed by atoms with Crippen LogP contribution in [0, 0.1) is 13.8 Å². The average molecular weight is 627 g/mol. The van der Waals surface area contributed by atoms with Gasteiger partial charge in [-0.3, -0.25) is 0 Å². The highest BCUT2D eigenvalue weighted by Gasteiger charge is 2.80. The molecule has 2 rings (SSSR count). The van der Waals surface area contributed by atoms with Crippen LogP contribution < -0.4 is 0 Å². The van der Waals surface area contributed by atoms with Gasteiger partial charge in [0.15, 0.2) is 0 Å². The first-order chi connectivity index (χ1) is 17.7. The molecule has 0 heterocycles. The van der Waals surface area contributed by atoms with Crippen LogP contribution in [0.3, 0.4) is 0 Å². The minimum Gasteiger partial charge on any atom is -0.310 e. The van der Waals surface area contributed by atoms with Crippen LogP contribution in [0.1, 0.15) is 94.2 Å². The van der Waals surface area contributed by atoms with Gasteiger partial charge in [-0.1, -0.05) is 118 Å². The Kier molecular flexibility index (Phi) is 9.38. The Morgan fingerprint density at radius 3 is 0.825 bits per heavy atom. The maximum atomic E-state index is 14.3. The van der Waals surface area contributed by atoms with Gasteiger partial charge < -0.3 is 7.74 Å². The van der Waals surface area contributed by atoms with Crippen LogP contribution >= 0.6 is 0 Å². The molecule has 0 atom stereocenters. The summed E-state index contributed by atoms with van der Waals surface area (Å²) in [6.45, 7) is 27.6. The molecule has 40 heavy (non-hydrogen) atoms. The van der Waals surface area contributed by atoms with E-state index >= 15 is 0 Å². The summed E-state index contributed by atoms with van der Waals surface area (Å²) >= 11 is 0. The van der Waals surface area contributed by atoms with Gasteiger partial charge in [-0.15, -0.1) is 0 Å². The van der Waals surface area contributed by atoms with Crippen molar-refractivity contribution in [2.24, 2.45) is 0 Å². The Hall–Kier alpha value is -1.31. The topological polar surface area (TPSA) is 86.7 Å². The Morgan fingerprint density at radius 2 is 0.650 bits per heavy atom. The number of hydrogen-bond acceptors (Lipinski definition) is 6. The first-order valence-electron chi connectivity index (χ1n) is 13.7. The second-order valence-electron chi connectivity index (χ2n) is 15.1. The van der Waals surface area contributed by atoms with Crippen molar-refractivity contribution in [2.45, 2.75) is 127 Å². The van der Waals surface area contributed by atoms with E-state index in [1.807, 2.05) is 96.9 Å². The average Bonchev–Trinajstić information content (AvgIpc) is 2.73. The normalized spacial score (nSPS) is 14.8. The minimum absolute atomic E-state index is 0.0515. The Morgan fingerprint density at radius 1 is 0.450 bits per heavy atom. The van der Waals surface area contributed by atoms with Crippen molar-refractivity contribution in [3.63, 3.8) is 0 Å². The van der Waals surface area contributed by atoms with Crippen molar-refractivity contribution in [1.29, 1.82) is 0 Å². The van der Waals surface area contributed by atoms with Crippen molar-refractivity contribution in [3.8, 4) is 0 Å². The zero-order chi connectivity index (χ0) is 31.4. The Bertz CT molecular complexity index is 1260. The van der Waals surface area contributed by atoms with Crippen LogP contribution in [-0.4, -0.2) is 32.5 Å². The number of benzene rings is 2. The van der Waals surface area contributed by atoms with Gasteiger partial charge in [0, 0.05) is 0 Å². The summed E-state index contributed by atoms with van der Waals surface area (Å²) in [6.07, 6.45) is 0. The lowest BCUT2D eigenvalue weighted by Crippen LogP contribution is -2.81. The molecule has 2 aromatic carbocycles. The van der Waals surface area contributed by atoms with Crippen LogP contribution in [0.15, 0.2) is 58.3 Å². The molecule has 6 nitrogen and oxygen atoms in total. The fraction of sp³-hybridized carbons (Fsp3) is 0.600. The predicted molar refractivity (Wildman–Crippen MR) is 169 cm³/mol. The van der Waals surface area contributed by atoms with Crippen LogP contribution in [0.5, 0.6) is 0 Å². The zero-order valence-electron chi connectivity index (χ0n) is 26.9. The fourth-order valence-electron chi connectivity index (χ4n) is 6.81. The monoisotopic (exact) mass is 626 g/mol. The summed E-state index contributed by atoms with van der Waals surface area (Å²) in [5.74, 6) is 0. The summed E-state index contributed by atoms with van der Waals surface area (Å²) in [5.41, 5.74) is 1.85. The largest absolute Gasteiger partial charge is 0.310 e. The van der Waals surface area contributed by atoms with E-state index in [1.165, 1.54) is 0 Å². The van der Waals surface area contributed by atoms with Crippen LogP contribution in [0.2, 0.25) is 20.2 Å². The molecule has 2 aromatic rings. The highest BCUT2D eigenvalue weighted by atomic mass is 32.2. The van der Waals surface area contributed by atoms with E-state index in [-0.39, 0.29) is 9.79 Å². The van der Waals surface area contributed by atoms with Gasteiger partial charge in [-0.05, 0) is 58.3 Å². The molecule has 10 heteroatoms. The van der Waals surface area contributed by atoms with Gasteiger partial charge in [0.2, 0.25) is 15.7 Å². The molecule has 0 amide bonds. The molecule has 226 valence electrons. The van der Waals surface area contributed by atoms with Crippen molar-refractivity contribution in [1.82, 2.24) is 0 Å². The molecule has 0 fully saturated rings. The number of rotatable bonds is 7. The lowest BCUT2D eigenvalue weighted by atomic mass is 10.2. The van der Waals surface area contributed by atoms with E-state index in [0.717, 1.165) is 11.1 Å². The molecule has 0 aromatic heterocycles. The third-order valence-corrected chi connectivity index (χ3v) is 36.2.